The first-order valence-electron chi connectivity index (χ1n) is 9.70. The van der Waals surface area contributed by atoms with Crippen molar-refractivity contribution >= 4 is 17.3 Å². The highest BCUT2D eigenvalue weighted by molar-refractivity contribution is 5.57. The topological polar surface area (TPSA) is 49.6 Å². The zero-order chi connectivity index (χ0) is 18.4. The summed E-state index contributed by atoms with van der Waals surface area (Å²) in [6.07, 6.45) is 4.43. The van der Waals surface area contributed by atoms with E-state index in [0.29, 0.717) is 11.5 Å². The fraction of sp³-hybridized carbons (Fsp3) is 0.450. The van der Waals surface area contributed by atoms with Crippen molar-refractivity contribution in [2.75, 3.05) is 36.0 Å². The second-order valence-electron chi connectivity index (χ2n) is 7.36. The molecule has 0 atom stereocenters. The number of aryl methyl sites for hydroxylation is 2. The number of nitrogens with zero attached hydrogens (tertiary/aromatic N) is 6. The molecule has 0 bridgehead atoms. The van der Waals surface area contributed by atoms with Gasteiger partial charge >= 0.3 is 0 Å². The summed E-state index contributed by atoms with van der Waals surface area (Å²) in [5, 5.41) is 4.62. The van der Waals surface area contributed by atoms with Crippen molar-refractivity contribution in [3.8, 4) is 0 Å². The molecule has 2 aliphatic rings. The van der Waals surface area contributed by atoms with Gasteiger partial charge in [-0.05, 0) is 44.7 Å². The monoisotopic (exact) mass is 366 g/mol. The third kappa shape index (κ3) is 2.81. The van der Waals surface area contributed by atoms with E-state index >= 15 is 0 Å². The largest absolute Gasteiger partial charge is 0.366 e. The molecule has 0 amide bonds. The van der Waals surface area contributed by atoms with Gasteiger partial charge in [0.15, 0.2) is 0 Å². The standard InChI is InChI=1S/C20H23FN6/c1-14-22-20-23-17-8-4-2-6-15(17)19(27(20)24-14)26-12-10-25(11-13-26)18-9-5-3-7-16(18)21/h3,5,7,9H,2,4,6,8,10-13H2,1H3. The molecule has 0 unspecified atom stereocenters. The SMILES string of the molecule is Cc1nc2nc3c(c(N4CCN(c5ccccc5F)CC4)n2n1)CCCC3. The lowest BCUT2D eigenvalue weighted by Crippen LogP contribution is -2.48. The van der Waals surface area contributed by atoms with Crippen LogP contribution in [0.5, 0.6) is 0 Å². The maximum atomic E-state index is 14.1. The minimum Gasteiger partial charge on any atom is -0.366 e. The van der Waals surface area contributed by atoms with Crippen LogP contribution in [0.2, 0.25) is 0 Å². The minimum absolute atomic E-state index is 0.151. The molecule has 0 spiro atoms. The highest BCUT2D eigenvalue weighted by Gasteiger charge is 2.27. The summed E-state index contributed by atoms with van der Waals surface area (Å²) in [6, 6.07) is 7.02. The number of aromatic nitrogens is 4. The quantitative estimate of drug-likeness (QED) is 0.698. The molecule has 140 valence electrons. The molecule has 2 aromatic heterocycles. The van der Waals surface area contributed by atoms with E-state index in [0.717, 1.165) is 50.7 Å². The molecule has 1 fully saturated rings. The van der Waals surface area contributed by atoms with Crippen molar-refractivity contribution in [1.29, 1.82) is 0 Å². The molecule has 3 aromatic rings. The van der Waals surface area contributed by atoms with Crippen molar-refractivity contribution in [3.63, 3.8) is 0 Å². The van der Waals surface area contributed by atoms with Crippen LogP contribution in [0.3, 0.4) is 0 Å². The molecule has 0 N–H and O–H groups in total. The van der Waals surface area contributed by atoms with E-state index in [9.17, 15) is 4.39 Å². The Morgan fingerprint density at radius 1 is 0.926 bits per heavy atom. The Morgan fingerprint density at radius 3 is 2.48 bits per heavy atom. The van der Waals surface area contributed by atoms with E-state index in [4.69, 9.17) is 4.98 Å². The van der Waals surface area contributed by atoms with Gasteiger partial charge in [-0.15, -0.1) is 5.10 Å². The summed E-state index contributed by atoms with van der Waals surface area (Å²) in [5.41, 5.74) is 3.18. The van der Waals surface area contributed by atoms with Gasteiger partial charge in [0.1, 0.15) is 17.5 Å². The molecule has 1 aliphatic carbocycles. The van der Waals surface area contributed by atoms with Gasteiger partial charge in [-0.25, -0.2) is 9.37 Å². The number of hydrogen-bond donors (Lipinski definition) is 0. The molecular weight excluding hydrogens is 343 g/mol. The van der Waals surface area contributed by atoms with Gasteiger partial charge in [0.2, 0.25) is 0 Å². The first-order valence-corrected chi connectivity index (χ1v) is 9.70. The molecule has 0 saturated carbocycles. The Morgan fingerprint density at radius 2 is 1.67 bits per heavy atom. The lowest BCUT2D eigenvalue weighted by Gasteiger charge is -2.38. The van der Waals surface area contributed by atoms with Gasteiger partial charge in [-0.3, -0.25) is 0 Å². The van der Waals surface area contributed by atoms with Crippen LogP contribution in [0, 0.1) is 12.7 Å². The molecule has 1 saturated heterocycles. The highest BCUT2D eigenvalue weighted by atomic mass is 19.1. The highest BCUT2D eigenvalue weighted by Crippen LogP contribution is 2.31. The first-order chi connectivity index (χ1) is 13.2. The van der Waals surface area contributed by atoms with Crippen LogP contribution in [0.4, 0.5) is 15.9 Å². The summed E-state index contributed by atoms with van der Waals surface area (Å²) in [4.78, 5) is 13.8. The fourth-order valence-electron chi connectivity index (χ4n) is 4.31. The number of anilines is 2. The smallest absolute Gasteiger partial charge is 0.254 e. The third-order valence-corrected chi connectivity index (χ3v) is 5.61. The molecule has 5 rings (SSSR count). The van der Waals surface area contributed by atoms with E-state index in [1.807, 2.05) is 23.6 Å². The van der Waals surface area contributed by atoms with E-state index in [-0.39, 0.29) is 5.82 Å². The van der Waals surface area contributed by atoms with Crippen molar-refractivity contribution in [1.82, 2.24) is 19.6 Å². The van der Waals surface area contributed by atoms with E-state index in [2.05, 4.69) is 19.9 Å². The molecule has 27 heavy (non-hydrogen) atoms. The normalized spacial score (nSPS) is 17.4. The molecule has 3 heterocycles. The predicted octanol–water partition coefficient (Wildman–Crippen LogP) is 2.78. The van der Waals surface area contributed by atoms with E-state index in [1.54, 1.807) is 6.07 Å². The lowest BCUT2D eigenvalue weighted by atomic mass is 9.96. The summed E-state index contributed by atoms with van der Waals surface area (Å²) in [7, 11) is 0. The molecule has 7 heteroatoms. The summed E-state index contributed by atoms with van der Waals surface area (Å²) in [6.45, 7) is 5.14. The summed E-state index contributed by atoms with van der Waals surface area (Å²) < 4.78 is 16.1. The fourth-order valence-corrected chi connectivity index (χ4v) is 4.31. The average Bonchev–Trinajstić information content (AvgIpc) is 3.06. The first kappa shape index (κ1) is 16.5. The summed E-state index contributed by atoms with van der Waals surface area (Å²) in [5.74, 6) is 2.43. The molecule has 1 aromatic carbocycles. The number of fused-ring (bicyclic) bond motifs is 2. The van der Waals surface area contributed by atoms with Crippen molar-refractivity contribution in [2.45, 2.75) is 32.6 Å². The summed E-state index contributed by atoms with van der Waals surface area (Å²) >= 11 is 0. The van der Waals surface area contributed by atoms with Crippen molar-refractivity contribution < 1.29 is 4.39 Å². The maximum Gasteiger partial charge on any atom is 0.254 e. The second-order valence-corrected chi connectivity index (χ2v) is 7.36. The number of rotatable bonds is 2. The number of piperazine rings is 1. The van der Waals surface area contributed by atoms with Crippen LogP contribution in [-0.4, -0.2) is 45.8 Å². The van der Waals surface area contributed by atoms with E-state index < -0.39 is 0 Å². The Hall–Kier alpha value is -2.70. The van der Waals surface area contributed by atoms with Crippen molar-refractivity contribution in [2.24, 2.45) is 0 Å². The maximum absolute atomic E-state index is 14.1. The predicted molar refractivity (Wildman–Crippen MR) is 103 cm³/mol. The van der Waals surface area contributed by atoms with Crippen LogP contribution in [-0.2, 0) is 12.8 Å². The van der Waals surface area contributed by atoms with E-state index in [1.165, 1.54) is 30.2 Å². The van der Waals surface area contributed by atoms with Gasteiger partial charge in [-0.1, -0.05) is 12.1 Å². The molecule has 6 nitrogen and oxygen atoms in total. The Balaban J connectivity index is 1.49. The molecule has 1 aliphatic heterocycles. The molecular formula is C20H23FN6. The Kier molecular flexibility index (Phi) is 3.95. The van der Waals surface area contributed by atoms with Crippen molar-refractivity contribution in [3.05, 3.63) is 47.2 Å². The Labute approximate surface area is 157 Å². The van der Waals surface area contributed by atoms with Gasteiger partial charge in [0.05, 0.1) is 11.4 Å². The zero-order valence-corrected chi connectivity index (χ0v) is 15.5. The molecule has 0 radical (unpaired) electrons. The minimum atomic E-state index is -0.151. The van der Waals surface area contributed by atoms with Crippen LogP contribution in [0.25, 0.3) is 5.78 Å². The zero-order valence-electron chi connectivity index (χ0n) is 15.5. The third-order valence-electron chi connectivity index (χ3n) is 5.61. The van der Waals surface area contributed by atoms with Crippen LogP contribution in [0.1, 0.15) is 29.9 Å². The number of hydrogen-bond acceptors (Lipinski definition) is 5. The number of para-hydroxylation sites is 1. The van der Waals surface area contributed by atoms with Gasteiger partial charge in [-0.2, -0.15) is 9.50 Å². The van der Waals surface area contributed by atoms with Gasteiger partial charge in [0, 0.05) is 31.7 Å². The average molecular weight is 366 g/mol. The number of benzene rings is 1. The lowest BCUT2D eigenvalue weighted by molar-refractivity contribution is 0.587. The van der Waals surface area contributed by atoms with Crippen LogP contribution < -0.4 is 9.80 Å². The van der Waals surface area contributed by atoms with Crippen LogP contribution >= 0.6 is 0 Å². The van der Waals surface area contributed by atoms with Gasteiger partial charge < -0.3 is 9.80 Å². The van der Waals surface area contributed by atoms with Crippen LogP contribution in [0.15, 0.2) is 24.3 Å². The Bertz CT molecular complexity index is 990. The van der Waals surface area contributed by atoms with Gasteiger partial charge in [0.25, 0.3) is 5.78 Å². The second kappa shape index (κ2) is 6.48. The number of halogens is 1.